The summed E-state index contributed by atoms with van der Waals surface area (Å²) in [6.45, 7) is 9.29. The number of hydrogen-bond donors (Lipinski definition) is 1. The highest BCUT2D eigenvalue weighted by Gasteiger charge is 2.18. The van der Waals surface area contributed by atoms with Gasteiger partial charge in [-0.25, -0.2) is 0 Å². The van der Waals surface area contributed by atoms with Crippen LogP contribution in [0, 0.1) is 0 Å². The highest BCUT2D eigenvalue weighted by molar-refractivity contribution is 5.45. The fourth-order valence-corrected chi connectivity index (χ4v) is 2.85. The topological polar surface area (TPSA) is 15.3 Å². The van der Waals surface area contributed by atoms with Crippen LogP contribution in [0.15, 0.2) is 24.3 Å². The van der Waals surface area contributed by atoms with Crippen molar-refractivity contribution in [3.05, 3.63) is 29.8 Å². The molecule has 106 valence electrons. The standard InChI is InChI=1S/C17H28N2/c1-4-15-7-9-17(10-8-15)18-16-6-5-12-19(13-11-16)14(2)3/h7-10,14,16,18H,4-6,11-13H2,1-3H3. The van der Waals surface area contributed by atoms with Gasteiger partial charge < -0.3 is 10.2 Å². The smallest absolute Gasteiger partial charge is 0.0342 e. The van der Waals surface area contributed by atoms with Gasteiger partial charge in [0, 0.05) is 24.3 Å². The first-order valence-electron chi connectivity index (χ1n) is 7.78. The Balaban J connectivity index is 1.88. The maximum atomic E-state index is 3.70. The summed E-state index contributed by atoms with van der Waals surface area (Å²) in [6.07, 6.45) is 4.97. The molecule has 0 aromatic heterocycles. The van der Waals surface area contributed by atoms with Crippen LogP contribution in [0.2, 0.25) is 0 Å². The molecule has 0 aliphatic carbocycles. The lowest BCUT2D eigenvalue weighted by Crippen LogP contribution is -2.32. The molecule has 1 unspecified atom stereocenters. The molecule has 1 atom stereocenters. The summed E-state index contributed by atoms with van der Waals surface area (Å²) in [4.78, 5) is 2.60. The number of hydrogen-bond acceptors (Lipinski definition) is 2. The lowest BCUT2D eigenvalue weighted by Gasteiger charge is -2.24. The molecule has 1 heterocycles. The van der Waals surface area contributed by atoms with E-state index in [-0.39, 0.29) is 0 Å². The molecule has 0 bridgehead atoms. The van der Waals surface area contributed by atoms with Crippen molar-refractivity contribution in [2.45, 2.75) is 58.5 Å². The van der Waals surface area contributed by atoms with Gasteiger partial charge in [-0.15, -0.1) is 0 Å². The highest BCUT2D eigenvalue weighted by Crippen LogP contribution is 2.18. The maximum Gasteiger partial charge on any atom is 0.0342 e. The average Bonchev–Trinajstić information content (AvgIpc) is 2.65. The first-order chi connectivity index (χ1) is 9.19. The lowest BCUT2D eigenvalue weighted by molar-refractivity contribution is 0.230. The van der Waals surface area contributed by atoms with Gasteiger partial charge in [-0.1, -0.05) is 19.1 Å². The summed E-state index contributed by atoms with van der Waals surface area (Å²) in [7, 11) is 0. The summed E-state index contributed by atoms with van der Waals surface area (Å²) in [5, 5.41) is 3.70. The van der Waals surface area contributed by atoms with E-state index in [0.29, 0.717) is 12.1 Å². The normalized spacial score (nSPS) is 21.4. The molecule has 2 heteroatoms. The van der Waals surface area contributed by atoms with E-state index < -0.39 is 0 Å². The monoisotopic (exact) mass is 260 g/mol. The number of anilines is 1. The van der Waals surface area contributed by atoms with Crippen molar-refractivity contribution in [3.8, 4) is 0 Å². The van der Waals surface area contributed by atoms with Crippen LogP contribution in [0.25, 0.3) is 0 Å². The van der Waals surface area contributed by atoms with Gasteiger partial charge in [-0.05, 0) is 63.8 Å². The second kappa shape index (κ2) is 6.95. The summed E-state index contributed by atoms with van der Waals surface area (Å²) < 4.78 is 0. The number of rotatable bonds is 4. The minimum absolute atomic E-state index is 0.635. The lowest BCUT2D eigenvalue weighted by atomic mass is 10.1. The SMILES string of the molecule is CCc1ccc(NC2CCCN(C(C)C)CC2)cc1. The molecule has 1 aliphatic rings. The van der Waals surface area contributed by atoms with Crippen molar-refractivity contribution in [2.24, 2.45) is 0 Å². The van der Waals surface area contributed by atoms with Crippen molar-refractivity contribution < 1.29 is 0 Å². The van der Waals surface area contributed by atoms with E-state index in [1.807, 2.05) is 0 Å². The van der Waals surface area contributed by atoms with Gasteiger partial charge in [0.05, 0.1) is 0 Å². The molecule has 0 amide bonds. The Labute approximate surface area is 118 Å². The van der Waals surface area contributed by atoms with E-state index in [1.54, 1.807) is 0 Å². The molecule has 1 aromatic rings. The number of nitrogens with one attached hydrogen (secondary N) is 1. The third-order valence-electron chi connectivity index (χ3n) is 4.23. The van der Waals surface area contributed by atoms with E-state index in [4.69, 9.17) is 0 Å². The highest BCUT2D eigenvalue weighted by atomic mass is 15.1. The molecular weight excluding hydrogens is 232 g/mol. The first kappa shape index (κ1) is 14.4. The van der Waals surface area contributed by atoms with Crippen LogP contribution in [0.5, 0.6) is 0 Å². The third kappa shape index (κ3) is 4.24. The van der Waals surface area contributed by atoms with Crippen LogP contribution >= 0.6 is 0 Å². The first-order valence-corrected chi connectivity index (χ1v) is 7.78. The van der Waals surface area contributed by atoms with E-state index in [9.17, 15) is 0 Å². The molecule has 2 rings (SSSR count). The molecule has 0 spiro atoms. The quantitative estimate of drug-likeness (QED) is 0.882. The number of likely N-dealkylation sites (tertiary alicyclic amines) is 1. The molecular formula is C17H28N2. The molecule has 2 nitrogen and oxygen atoms in total. The van der Waals surface area contributed by atoms with Gasteiger partial charge in [-0.3, -0.25) is 0 Å². The molecule has 19 heavy (non-hydrogen) atoms. The molecule has 1 saturated heterocycles. The summed E-state index contributed by atoms with van der Waals surface area (Å²) >= 11 is 0. The average molecular weight is 260 g/mol. The molecule has 0 saturated carbocycles. The Morgan fingerprint density at radius 3 is 2.53 bits per heavy atom. The molecule has 1 N–H and O–H groups in total. The van der Waals surface area contributed by atoms with E-state index in [0.717, 1.165) is 6.42 Å². The van der Waals surface area contributed by atoms with E-state index in [2.05, 4.69) is 55.3 Å². The maximum absolute atomic E-state index is 3.70. The van der Waals surface area contributed by atoms with Gasteiger partial charge in [0.1, 0.15) is 0 Å². The Morgan fingerprint density at radius 2 is 1.89 bits per heavy atom. The van der Waals surface area contributed by atoms with Gasteiger partial charge in [0.25, 0.3) is 0 Å². The van der Waals surface area contributed by atoms with E-state index in [1.165, 1.54) is 43.6 Å². The van der Waals surface area contributed by atoms with Crippen LogP contribution in [-0.2, 0) is 6.42 Å². The molecule has 1 aliphatic heterocycles. The Hall–Kier alpha value is -1.02. The summed E-state index contributed by atoms with van der Waals surface area (Å²) in [6, 6.07) is 10.2. The van der Waals surface area contributed by atoms with Crippen molar-refractivity contribution in [1.82, 2.24) is 4.90 Å². The second-order valence-corrected chi connectivity index (χ2v) is 5.95. The minimum Gasteiger partial charge on any atom is -0.382 e. The van der Waals surface area contributed by atoms with Crippen LogP contribution in [-0.4, -0.2) is 30.1 Å². The van der Waals surface area contributed by atoms with Gasteiger partial charge >= 0.3 is 0 Å². The number of aryl methyl sites for hydroxylation is 1. The van der Waals surface area contributed by atoms with Crippen LogP contribution < -0.4 is 5.32 Å². The van der Waals surface area contributed by atoms with Crippen molar-refractivity contribution >= 4 is 5.69 Å². The van der Waals surface area contributed by atoms with Crippen LogP contribution in [0.1, 0.15) is 45.6 Å². The van der Waals surface area contributed by atoms with Crippen molar-refractivity contribution in [3.63, 3.8) is 0 Å². The molecule has 1 aromatic carbocycles. The molecule has 1 fully saturated rings. The van der Waals surface area contributed by atoms with E-state index >= 15 is 0 Å². The third-order valence-corrected chi connectivity index (χ3v) is 4.23. The van der Waals surface area contributed by atoms with Crippen LogP contribution in [0.3, 0.4) is 0 Å². The van der Waals surface area contributed by atoms with Gasteiger partial charge in [-0.2, -0.15) is 0 Å². The minimum atomic E-state index is 0.635. The molecule has 0 radical (unpaired) electrons. The zero-order chi connectivity index (χ0) is 13.7. The summed E-state index contributed by atoms with van der Waals surface area (Å²) in [5.41, 5.74) is 2.69. The summed E-state index contributed by atoms with van der Waals surface area (Å²) in [5.74, 6) is 0. The second-order valence-electron chi connectivity index (χ2n) is 5.95. The van der Waals surface area contributed by atoms with Crippen molar-refractivity contribution in [1.29, 1.82) is 0 Å². The van der Waals surface area contributed by atoms with Crippen molar-refractivity contribution in [2.75, 3.05) is 18.4 Å². The zero-order valence-corrected chi connectivity index (χ0v) is 12.7. The Kier molecular flexibility index (Phi) is 5.26. The number of nitrogens with zero attached hydrogens (tertiary/aromatic N) is 1. The van der Waals surface area contributed by atoms with Crippen LogP contribution in [0.4, 0.5) is 5.69 Å². The number of benzene rings is 1. The Bertz CT molecular complexity index is 369. The largest absolute Gasteiger partial charge is 0.382 e. The Morgan fingerprint density at radius 1 is 1.16 bits per heavy atom. The van der Waals surface area contributed by atoms with Gasteiger partial charge in [0.15, 0.2) is 0 Å². The predicted octanol–water partition coefficient (Wildman–Crippen LogP) is 3.92. The van der Waals surface area contributed by atoms with Gasteiger partial charge in [0.2, 0.25) is 0 Å². The zero-order valence-electron chi connectivity index (χ0n) is 12.7. The fourth-order valence-electron chi connectivity index (χ4n) is 2.85. The fraction of sp³-hybridized carbons (Fsp3) is 0.647. The predicted molar refractivity (Wildman–Crippen MR) is 83.8 cm³/mol.